The third-order valence-electron chi connectivity index (χ3n) is 15.6. The van der Waals surface area contributed by atoms with Crippen LogP contribution in [-0.2, 0) is 33.8 Å². The second-order valence-electron chi connectivity index (χ2n) is 25.1. The summed E-state index contributed by atoms with van der Waals surface area (Å²) in [5.74, 6) is 2.79. The number of morpholine rings is 1. The van der Waals surface area contributed by atoms with Gasteiger partial charge in [-0.05, 0) is 183 Å². The van der Waals surface area contributed by atoms with Crippen LogP contribution in [0.3, 0.4) is 0 Å². The Labute approximate surface area is 477 Å². The van der Waals surface area contributed by atoms with Crippen LogP contribution in [0.5, 0.6) is 23.0 Å². The van der Waals surface area contributed by atoms with Gasteiger partial charge in [0.25, 0.3) is 0 Å². The monoisotopic (exact) mass is 1100 g/mol. The summed E-state index contributed by atoms with van der Waals surface area (Å²) >= 11 is 0. The van der Waals surface area contributed by atoms with Crippen molar-refractivity contribution in [1.29, 1.82) is 0 Å². The van der Waals surface area contributed by atoms with Crippen molar-refractivity contribution in [3.63, 3.8) is 0 Å². The lowest BCUT2D eigenvalue weighted by Crippen LogP contribution is -2.57. The smallest absolute Gasteiger partial charge is 0.493 e. The minimum atomic E-state index is -3.21. The van der Waals surface area contributed by atoms with Crippen LogP contribution in [0.4, 0.5) is 11.4 Å². The van der Waals surface area contributed by atoms with Gasteiger partial charge in [-0.2, -0.15) is 0 Å². The minimum Gasteiger partial charge on any atom is -0.493 e. The first-order chi connectivity index (χ1) is 37.9. The highest BCUT2D eigenvalue weighted by Crippen LogP contribution is 2.62. The summed E-state index contributed by atoms with van der Waals surface area (Å²) < 4.78 is 59.0. The van der Waals surface area contributed by atoms with Gasteiger partial charge in [-0.3, -0.25) is 0 Å². The molecule has 1 aliphatic carbocycles. The van der Waals surface area contributed by atoms with E-state index in [2.05, 4.69) is 191 Å². The van der Waals surface area contributed by atoms with Gasteiger partial charge in [0.2, 0.25) is 0 Å². The van der Waals surface area contributed by atoms with Crippen molar-refractivity contribution in [2.75, 3.05) is 58.6 Å². The van der Waals surface area contributed by atoms with E-state index in [9.17, 15) is 0 Å². The molecular weight excluding hydrogens is 1020 g/mol. The van der Waals surface area contributed by atoms with Crippen molar-refractivity contribution in [3.05, 3.63) is 148 Å². The van der Waals surface area contributed by atoms with Crippen molar-refractivity contribution < 1.29 is 41.7 Å². The molecule has 12 heteroatoms. The normalized spacial score (nSPS) is 17.1. The van der Waals surface area contributed by atoms with Gasteiger partial charge in [-0.1, -0.05) is 80.6 Å². The number of fused-ring (bicyclic) bond motifs is 8. The van der Waals surface area contributed by atoms with Gasteiger partial charge in [-0.15, -0.1) is 0 Å². The van der Waals surface area contributed by atoms with Gasteiger partial charge in [0.05, 0.1) is 63.0 Å². The van der Waals surface area contributed by atoms with Gasteiger partial charge < -0.3 is 46.6 Å². The number of ether oxygens (including phenoxy) is 6. The average molecular weight is 1100 g/mol. The molecule has 3 aliphatic rings. The van der Waals surface area contributed by atoms with Crippen molar-refractivity contribution in [2.24, 2.45) is 0 Å². The van der Waals surface area contributed by atoms with E-state index in [0.29, 0.717) is 56.1 Å². The predicted octanol–water partition coefficient (Wildman–Crippen LogP) is 16.3. The highest BCUT2D eigenvalue weighted by Gasteiger charge is 2.51. The molecule has 0 radical (unpaired) electrons. The molecule has 11 nitrogen and oxygen atoms in total. The highest BCUT2D eigenvalue weighted by atomic mass is 28.4. The Morgan fingerprint density at radius 2 is 1.23 bits per heavy atom. The zero-order valence-corrected chi connectivity index (χ0v) is 51.1. The zero-order chi connectivity index (χ0) is 57.5. The molecule has 424 valence electrons. The number of anilines is 1. The molecule has 9 rings (SSSR count). The molecule has 1 atom stereocenters. The highest BCUT2D eigenvalue weighted by molar-refractivity contribution is 6.61. The van der Waals surface area contributed by atoms with E-state index in [0.717, 1.165) is 81.7 Å². The molecule has 0 N–H and O–H groups in total. The van der Waals surface area contributed by atoms with E-state index in [4.69, 9.17) is 48.3 Å². The van der Waals surface area contributed by atoms with Crippen molar-refractivity contribution in [1.82, 2.24) is 0 Å². The van der Waals surface area contributed by atoms with Crippen molar-refractivity contribution >= 4 is 37.0 Å². The topological polar surface area (TPSA) is 90.7 Å². The van der Waals surface area contributed by atoms with Crippen LogP contribution >= 0.6 is 0 Å². The molecule has 0 saturated carbocycles. The van der Waals surface area contributed by atoms with Gasteiger partial charge >= 0.3 is 8.80 Å². The molecule has 0 aromatic heterocycles. The minimum absolute atomic E-state index is 0.345. The van der Waals surface area contributed by atoms with Crippen molar-refractivity contribution in [2.45, 2.75) is 149 Å². The second kappa shape index (κ2) is 22.6. The zero-order valence-electron chi connectivity index (χ0n) is 50.1. The van der Waals surface area contributed by atoms with Crippen LogP contribution in [0.2, 0.25) is 6.04 Å². The maximum absolute atomic E-state index is 7.86. The lowest BCUT2D eigenvalue weighted by Gasteiger charge is -2.44. The van der Waals surface area contributed by atoms with Crippen LogP contribution in [0.15, 0.2) is 109 Å². The summed E-state index contributed by atoms with van der Waals surface area (Å²) in [6.45, 7) is 38.7. The van der Waals surface area contributed by atoms with Crippen LogP contribution in [0, 0.1) is 6.57 Å². The Hall–Kier alpha value is -6.17. The first-order valence-corrected chi connectivity index (χ1v) is 30.5. The third kappa shape index (κ3) is 12.1. The van der Waals surface area contributed by atoms with E-state index in [1.54, 1.807) is 14.2 Å². The van der Waals surface area contributed by atoms with Gasteiger partial charge in [0, 0.05) is 52.3 Å². The molecule has 1 saturated heterocycles. The van der Waals surface area contributed by atoms with Gasteiger partial charge in [0.15, 0.2) is 22.8 Å². The second-order valence-corrected chi connectivity index (χ2v) is 27.6. The van der Waals surface area contributed by atoms with Crippen LogP contribution in [0.1, 0.15) is 137 Å². The summed E-state index contributed by atoms with van der Waals surface area (Å²) in [6.07, 6.45) is 6.98. The fraction of sp³-hybridized carbons (Fsp3) is 0.456. The Morgan fingerprint density at radius 3 is 1.77 bits per heavy atom. The lowest BCUT2D eigenvalue weighted by molar-refractivity contribution is -0.0823. The first kappa shape index (κ1) is 58.5. The largest absolute Gasteiger partial charge is 0.502 e. The molecule has 0 amide bonds. The van der Waals surface area contributed by atoms with Crippen LogP contribution in [0.25, 0.3) is 43.9 Å². The maximum Gasteiger partial charge on any atom is 0.502 e. The van der Waals surface area contributed by atoms with Crippen LogP contribution < -0.4 is 23.8 Å². The fourth-order valence-corrected chi connectivity index (χ4v) is 16.2. The summed E-state index contributed by atoms with van der Waals surface area (Å²) in [5.41, 5.74) is 8.61. The number of benzene rings is 6. The number of methoxy groups -OCH3 is 2. The van der Waals surface area contributed by atoms with Crippen molar-refractivity contribution in [3.8, 4) is 45.3 Å². The standard InChI is InChI=1S/C68H84N2O9Si/c1-17-67(18-2)57-43-47(46-19-26-50(69-14)27-20-46)21-32-53(57)60-55-44-58(71-15)59(72-16)45-56(55)62-54(61(60)67)33-34-68(76-62,48-22-28-51(29-23-48)70-36-38-73-39-37-70)49-24-30-52(31-25-49)74-40-41-75-66(12,13)35-42-80(77-63(3,4)5,78-64(6,7)8)79-65(9,10)11/h19-34,43-45H,17-18,35-42H2,1-13,15-16H3. The molecule has 6 aromatic carbocycles. The molecule has 2 aliphatic heterocycles. The maximum atomic E-state index is 7.86. The van der Waals surface area contributed by atoms with Gasteiger partial charge in [0.1, 0.15) is 18.1 Å². The van der Waals surface area contributed by atoms with E-state index in [-0.39, 0.29) is 5.41 Å². The Kier molecular flexibility index (Phi) is 16.5. The molecule has 2 heterocycles. The fourth-order valence-electron chi connectivity index (χ4n) is 12.1. The number of nitrogens with zero attached hydrogens (tertiary/aromatic N) is 2. The summed E-state index contributed by atoms with van der Waals surface area (Å²) in [6, 6.07) is 36.7. The quantitative estimate of drug-likeness (QED) is 0.0444. The Bertz CT molecular complexity index is 3200. The molecule has 1 unspecified atom stereocenters. The Balaban J connectivity index is 1.06. The molecule has 0 spiro atoms. The van der Waals surface area contributed by atoms with E-state index < -0.39 is 36.8 Å². The third-order valence-corrected chi connectivity index (χ3v) is 19.2. The summed E-state index contributed by atoms with van der Waals surface area (Å²) in [7, 11) is 0.172. The first-order valence-electron chi connectivity index (χ1n) is 28.6. The molecule has 1 fully saturated rings. The Morgan fingerprint density at radius 1 is 0.662 bits per heavy atom. The molecule has 6 aromatic rings. The SMILES string of the molecule is [C-]#[N+]c1ccc(-c2ccc3c(c2)C(CC)(CC)c2c4c(c5cc(OC)c(OC)cc5c2-3)OC(c2ccc(OCCOC(C)(C)CC[Si](OC(C)(C)C)(OC(C)(C)C)OC(C)(C)C)cc2)(c2ccc(N3CCOCC3)cc2)C=C4)cc1. The molecular formula is C68H84N2O9Si. The van der Waals surface area contributed by atoms with E-state index in [1.165, 1.54) is 22.3 Å². The number of rotatable bonds is 19. The van der Waals surface area contributed by atoms with E-state index >= 15 is 0 Å². The summed E-state index contributed by atoms with van der Waals surface area (Å²) in [4.78, 5) is 6.03. The summed E-state index contributed by atoms with van der Waals surface area (Å²) in [5, 5.41) is 1.97. The number of hydrogen-bond donors (Lipinski definition) is 0. The average Bonchev–Trinajstić information content (AvgIpc) is 3.89. The van der Waals surface area contributed by atoms with E-state index in [1.807, 2.05) is 24.3 Å². The van der Waals surface area contributed by atoms with Gasteiger partial charge in [-0.25, -0.2) is 4.85 Å². The van der Waals surface area contributed by atoms with Crippen LogP contribution in [-0.4, -0.2) is 84.9 Å². The molecule has 0 bridgehead atoms. The predicted molar refractivity (Wildman–Crippen MR) is 325 cm³/mol. The lowest BCUT2D eigenvalue weighted by atomic mass is 9.70. The number of hydrogen-bond acceptors (Lipinski definition) is 10. The molecule has 80 heavy (non-hydrogen) atoms.